The molecule has 0 saturated heterocycles. The molecule has 0 aromatic heterocycles. The minimum atomic E-state index is -0.0212. The Morgan fingerprint density at radius 1 is 1.10 bits per heavy atom. The minimum Gasteiger partial charge on any atom is -0.299 e. The normalized spacial score (nSPS) is 49.2. The highest BCUT2D eigenvalue weighted by atomic mass is 16.1. The summed E-state index contributed by atoms with van der Waals surface area (Å²) in [5, 5.41) is 0. The summed E-state index contributed by atoms with van der Waals surface area (Å²) in [6.07, 6.45) is 9.20. The van der Waals surface area contributed by atoms with E-state index in [1.165, 1.54) is 18.4 Å². The van der Waals surface area contributed by atoms with E-state index in [9.17, 15) is 9.59 Å². The summed E-state index contributed by atoms with van der Waals surface area (Å²) in [6.45, 7) is 4.54. The van der Waals surface area contributed by atoms with Gasteiger partial charge in [0.05, 0.1) is 0 Å². The van der Waals surface area contributed by atoms with Crippen LogP contribution in [-0.2, 0) is 9.59 Å². The molecule has 0 aromatic carbocycles. The van der Waals surface area contributed by atoms with Gasteiger partial charge in [0, 0.05) is 18.3 Å². The third-order valence-corrected chi connectivity index (χ3v) is 7.37. The SMILES string of the molecule is CC1CC2C(CCC3(C)C(=O)CCC23)C2CCC(=O)C=C12. The number of fused-ring (bicyclic) bond motifs is 5. The third kappa shape index (κ3) is 1.83. The van der Waals surface area contributed by atoms with Crippen LogP contribution in [0.2, 0.25) is 0 Å². The van der Waals surface area contributed by atoms with Gasteiger partial charge >= 0.3 is 0 Å². The van der Waals surface area contributed by atoms with Crippen LogP contribution in [0.25, 0.3) is 0 Å². The molecule has 2 heteroatoms. The van der Waals surface area contributed by atoms with Gasteiger partial charge in [0.1, 0.15) is 5.78 Å². The van der Waals surface area contributed by atoms with Crippen molar-refractivity contribution in [3.8, 4) is 0 Å². The molecule has 0 aromatic rings. The van der Waals surface area contributed by atoms with Crippen molar-refractivity contribution in [1.82, 2.24) is 0 Å². The molecule has 4 rings (SSSR count). The smallest absolute Gasteiger partial charge is 0.155 e. The summed E-state index contributed by atoms with van der Waals surface area (Å²) < 4.78 is 0. The van der Waals surface area contributed by atoms with E-state index in [0.29, 0.717) is 29.3 Å². The Kier molecular flexibility index (Phi) is 2.96. The van der Waals surface area contributed by atoms with Crippen LogP contribution in [0.4, 0.5) is 0 Å². The molecule has 6 unspecified atom stereocenters. The fraction of sp³-hybridized carbons (Fsp3) is 0.789. The fourth-order valence-corrected chi connectivity index (χ4v) is 6.27. The van der Waals surface area contributed by atoms with E-state index in [0.717, 1.165) is 43.9 Å². The maximum Gasteiger partial charge on any atom is 0.155 e. The number of Topliss-reactive ketones (excluding diaryl/α,β-unsaturated/α-hetero) is 1. The molecule has 4 aliphatic rings. The molecule has 4 aliphatic carbocycles. The first kappa shape index (κ1) is 13.7. The lowest BCUT2D eigenvalue weighted by atomic mass is 9.50. The van der Waals surface area contributed by atoms with Crippen molar-refractivity contribution in [3.05, 3.63) is 11.6 Å². The van der Waals surface area contributed by atoms with Crippen LogP contribution in [0, 0.1) is 35.0 Å². The summed E-state index contributed by atoms with van der Waals surface area (Å²) in [7, 11) is 0. The average Bonchev–Trinajstić information content (AvgIpc) is 2.76. The first-order valence-corrected chi connectivity index (χ1v) is 8.78. The van der Waals surface area contributed by atoms with Crippen molar-refractivity contribution in [2.45, 2.75) is 58.8 Å². The largest absolute Gasteiger partial charge is 0.299 e. The zero-order chi connectivity index (χ0) is 14.8. The standard InChI is InChI=1S/C19H26O2/c1-11-9-16-14(13-4-3-12(20)10-15(11)13)7-8-19(2)17(16)5-6-18(19)21/h10-11,13-14,16-17H,3-9H2,1-2H3. The number of hydrogen-bond donors (Lipinski definition) is 0. The van der Waals surface area contributed by atoms with Crippen molar-refractivity contribution < 1.29 is 9.59 Å². The second-order valence-corrected chi connectivity index (χ2v) is 8.24. The van der Waals surface area contributed by atoms with Crippen LogP contribution in [0.3, 0.4) is 0 Å². The topological polar surface area (TPSA) is 34.1 Å². The van der Waals surface area contributed by atoms with Crippen molar-refractivity contribution in [2.24, 2.45) is 35.0 Å². The molecule has 0 N–H and O–H groups in total. The number of rotatable bonds is 0. The molecule has 0 amide bonds. The number of carbonyl (C=O) groups excluding carboxylic acids is 2. The lowest BCUT2D eigenvalue weighted by Gasteiger charge is -2.53. The monoisotopic (exact) mass is 286 g/mol. The van der Waals surface area contributed by atoms with Gasteiger partial charge in [-0.25, -0.2) is 0 Å². The third-order valence-electron chi connectivity index (χ3n) is 7.37. The summed E-state index contributed by atoms with van der Waals surface area (Å²) in [4.78, 5) is 24.1. The van der Waals surface area contributed by atoms with Gasteiger partial charge in [-0.3, -0.25) is 9.59 Å². The predicted molar refractivity (Wildman–Crippen MR) is 81.6 cm³/mol. The highest BCUT2D eigenvalue weighted by molar-refractivity contribution is 5.91. The molecule has 6 atom stereocenters. The van der Waals surface area contributed by atoms with E-state index in [-0.39, 0.29) is 5.41 Å². The van der Waals surface area contributed by atoms with E-state index in [1.54, 1.807) is 0 Å². The molecule has 0 spiro atoms. The summed E-state index contributed by atoms with van der Waals surface area (Å²) in [5.74, 6) is 4.12. The second-order valence-electron chi connectivity index (χ2n) is 8.24. The average molecular weight is 286 g/mol. The van der Waals surface area contributed by atoms with Crippen LogP contribution < -0.4 is 0 Å². The van der Waals surface area contributed by atoms with Crippen LogP contribution >= 0.6 is 0 Å². The highest BCUT2D eigenvalue weighted by Gasteiger charge is 2.56. The first-order chi connectivity index (χ1) is 10.0. The molecule has 0 bridgehead atoms. The van der Waals surface area contributed by atoms with Gasteiger partial charge in [-0.1, -0.05) is 19.4 Å². The quantitative estimate of drug-likeness (QED) is 0.676. The predicted octanol–water partition coefficient (Wildman–Crippen LogP) is 3.94. The van der Waals surface area contributed by atoms with Gasteiger partial charge < -0.3 is 0 Å². The van der Waals surface area contributed by atoms with Gasteiger partial charge in [-0.15, -0.1) is 0 Å². The molecule has 3 saturated carbocycles. The minimum absolute atomic E-state index is 0.0212. The molecular weight excluding hydrogens is 260 g/mol. The molecule has 114 valence electrons. The zero-order valence-corrected chi connectivity index (χ0v) is 13.2. The van der Waals surface area contributed by atoms with Crippen LogP contribution in [-0.4, -0.2) is 11.6 Å². The Morgan fingerprint density at radius 2 is 1.90 bits per heavy atom. The number of hydrogen-bond acceptors (Lipinski definition) is 2. The van der Waals surface area contributed by atoms with Gasteiger partial charge in [-0.05, 0) is 67.8 Å². The maximum absolute atomic E-state index is 12.4. The van der Waals surface area contributed by atoms with E-state index in [2.05, 4.69) is 13.8 Å². The molecule has 21 heavy (non-hydrogen) atoms. The van der Waals surface area contributed by atoms with Gasteiger partial charge in [0.2, 0.25) is 0 Å². The Hall–Kier alpha value is -0.920. The van der Waals surface area contributed by atoms with Gasteiger partial charge in [0.25, 0.3) is 0 Å². The Balaban J connectivity index is 1.68. The van der Waals surface area contributed by atoms with Crippen molar-refractivity contribution in [3.63, 3.8) is 0 Å². The lowest BCUT2D eigenvalue weighted by Crippen LogP contribution is -2.48. The molecule has 0 radical (unpaired) electrons. The molecular formula is C19H26O2. The van der Waals surface area contributed by atoms with Crippen molar-refractivity contribution in [1.29, 1.82) is 0 Å². The lowest BCUT2D eigenvalue weighted by molar-refractivity contribution is -0.131. The second kappa shape index (κ2) is 4.54. The number of carbonyl (C=O) groups is 2. The fourth-order valence-electron chi connectivity index (χ4n) is 6.27. The van der Waals surface area contributed by atoms with E-state index in [4.69, 9.17) is 0 Å². The van der Waals surface area contributed by atoms with Crippen LogP contribution in [0.1, 0.15) is 58.8 Å². The maximum atomic E-state index is 12.4. The van der Waals surface area contributed by atoms with Crippen LogP contribution in [0.5, 0.6) is 0 Å². The summed E-state index contributed by atoms with van der Waals surface area (Å²) >= 11 is 0. The summed E-state index contributed by atoms with van der Waals surface area (Å²) in [6, 6.07) is 0. The van der Waals surface area contributed by atoms with E-state index in [1.807, 2.05) is 6.08 Å². The van der Waals surface area contributed by atoms with Crippen LogP contribution in [0.15, 0.2) is 11.6 Å². The number of allylic oxidation sites excluding steroid dienone is 1. The molecule has 3 fully saturated rings. The Labute approximate surface area is 127 Å². The highest BCUT2D eigenvalue weighted by Crippen LogP contribution is 2.61. The Morgan fingerprint density at radius 3 is 2.71 bits per heavy atom. The van der Waals surface area contributed by atoms with Gasteiger partial charge in [-0.2, -0.15) is 0 Å². The van der Waals surface area contributed by atoms with Crippen molar-refractivity contribution >= 4 is 11.6 Å². The molecule has 2 nitrogen and oxygen atoms in total. The van der Waals surface area contributed by atoms with E-state index >= 15 is 0 Å². The Bertz CT molecular complexity index is 532. The zero-order valence-electron chi connectivity index (χ0n) is 13.2. The summed E-state index contributed by atoms with van der Waals surface area (Å²) in [5.41, 5.74) is 1.42. The van der Waals surface area contributed by atoms with Gasteiger partial charge in [0.15, 0.2) is 5.78 Å². The number of ketones is 2. The first-order valence-electron chi connectivity index (χ1n) is 8.78. The molecule has 0 aliphatic heterocycles. The van der Waals surface area contributed by atoms with Crippen molar-refractivity contribution in [2.75, 3.05) is 0 Å². The van der Waals surface area contributed by atoms with E-state index < -0.39 is 0 Å². The molecule has 0 heterocycles.